The van der Waals surface area contributed by atoms with Crippen molar-refractivity contribution in [1.82, 2.24) is 0 Å². The van der Waals surface area contributed by atoms with Crippen molar-refractivity contribution < 1.29 is 4.74 Å². The Kier molecular flexibility index (Phi) is 4.15. The average Bonchev–Trinajstić information content (AvgIpc) is 2.82. The lowest BCUT2D eigenvalue weighted by Gasteiger charge is -2.10. The van der Waals surface area contributed by atoms with Crippen LogP contribution in [-0.4, -0.2) is 11.9 Å². The number of ether oxygens (including phenoxy) is 1. The Bertz CT molecular complexity index is 650. The Morgan fingerprint density at radius 1 is 1.30 bits per heavy atom. The van der Waals surface area contributed by atoms with E-state index in [9.17, 15) is 0 Å². The average molecular weight is 371 g/mol. The third-order valence-electron chi connectivity index (χ3n) is 3.17. The van der Waals surface area contributed by atoms with Gasteiger partial charge in [0, 0.05) is 21.5 Å². The zero-order valence-electron chi connectivity index (χ0n) is 10.6. The first kappa shape index (κ1) is 14.1. The molecule has 0 aliphatic carbocycles. The van der Waals surface area contributed by atoms with Crippen LogP contribution in [0.15, 0.2) is 45.8 Å². The van der Waals surface area contributed by atoms with Gasteiger partial charge in [-0.15, -0.1) is 11.8 Å². The van der Waals surface area contributed by atoms with E-state index < -0.39 is 0 Å². The molecule has 0 aromatic heterocycles. The Labute approximate surface area is 135 Å². The highest BCUT2D eigenvalue weighted by atomic mass is 79.9. The molecule has 0 fully saturated rings. The number of hydrogen-bond acceptors (Lipinski definition) is 3. The van der Waals surface area contributed by atoms with Gasteiger partial charge < -0.3 is 10.5 Å². The van der Waals surface area contributed by atoms with E-state index in [2.05, 4.69) is 22.0 Å². The molecular formula is C15H13BrClNOS. The van der Waals surface area contributed by atoms with Gasteiger partial charge in [0.25, 0.3) is 0 Å². The van der Waals surface area contributed by atoms with Gasteiger partial charge in [-0.05, 0) is 42.0 Å². The van der Waals surface area contributed by atoms with Gasteiger partial charge in [0.2, 0.25) is 0 Å². The monoisotopic (exact) mass is 369 g/mol. The van der Waals surface area contributed by atoms with Crippen molar-refractivity contribution in [1.29, 1.82) is 0 Å². The maximum absolute atomic E-state index is 6.02. The zero-order chi connectivity index (χ0) is 14.1. The maximum Gasteiger partial charge on any atom is 0.123 e. The maximum atomic E-state index is 6.02. The Hall–Kier alpha value is -0.840. The second-order valence-corrected chi connectivity index (χ2v) is 7.11. The van der Waals surface area contributed by atoms with E-state index in [1.54, 1.807) is 11.8 Å². The van der Waals surface area contributed by atoms with Crippen LogP contribution in [0.1, 0.15) is 5.56 Å². The highest BCUT2D eigenvalue weighted by molar-refractivity contribution is 9.10. The summed E-state index contributed by atoms with van der Waals surface area (Å²) in [6.07, 6.45) is 1.16. The van der Waals surface area contributed by atoms with Gasteiger partial charge in [-0.1, -0.05) is 27.5 Å². The van der Waals surface area contributed by atoms with Crippen molar-refractivity contribution in [3.63, 3.8) is 0 Å². The second kappa shape index (κ2) is 5.88. The van der Waals surface area contributed by atoms with Crippen LogP contribution in [0.3, 0.4) is 0 Å². The van der Waals surface area contributed by atoms with Crippen molar-refractivity contribution in [3.05, 3.63) is 51.5 Å². The molecule has 0 saturated heterocycles. The summed E-state index contributed by atoms with van der Waals surface area (Å²) in [6, 6.07) is 11.9. The van der Waals surface area contributed by atoms with E-state index in [-0.39, 0.29) is 6.10 Å². The molecule has 0 bridgehead atoms. The SMILES string of the molecule is Nc1ccc(SCC2Cc3cc(Br)ccc3O2)cc1Cl. The van der Waals surface area contributed by atoms with E-state index >= 15 is 0 Å². The molecule has 0 spiro atoms. The fourth-order valence-corrected chi connectivity index (χ4v) is 3.75. The second-order valence-electron chi connectivity index (χ2n) is 4.69. The normalized spacial score (nSPS) is 16.8. The summed E-state index contributed by atoms with van der Waals surface area (Å²) in [5.41, 5.74) is 7.59. The summed E-state index contributed by atoms with van der Waals surface area (Å²) < 4.78 is 7.03. The molecule has 0 saturated carbocycles. The van der Waals surface area contributed by atoms with E-state index in [1.807, 2.05) is 30.3 Å². The molecular weight excluding hydrogens is 358 g/mol. The number of thioether (sulfide) groups is 1. The van der Waals surface area contributed by atoms with Gasteiger partial charge in [0.05, 0.1) is 10.7 Å². The fourth-order valence-electron chi connectivity index (χ4n) is 2.17. The minimum Gasteiger partial charge on any atom is -0.489 e. The molecule has 2 nitrogen and oxygen atoms in total. The van der Waals surface area contributed by atoms with E-state index in [1.165, 1.54) is 5.56 Å². The predicted octanol–water partition coefficient (Wildman–Crippen LogP) is 4.78. The van der Waals surface area contributed by atoms with Crippen LogP contribution >= 0.6 is 39.3 Å². The third-order valence-corrected chi connectivity index (χ3v) is 5.12. The number of anilines is 1. The smallest absolute Gasteiger partial charge is 0.123 e. The van der Waals surface area contributed by atoms with Crippen LogP contribution in [0, 0.1) is 0 Å². The molecule has 1 aliphatic heterocycles. The lowest BCUT2D eigenvalue weighted by atomic mass is 10.1. The molecule has 5 heteroatoms. The van der Waals surface area contributed by atoms with Gasteiger partial charge in [0.1, 0.15) is 11.9 Å². The first-order chi connectivity index (χ1) is 9.61. The standard InChI is InChI=1S/C15H13BrClNOS/c16-10-1-4-15-9(5-10)6-11(19-15)8-20-12-2-3-14(18)13(17)7-12/h1-5,7,11H,6,8,18H2. The number of fused-ring (bicyclic) bond motifs is 1. The van der Waals surface area contributed by atoms with Gasteiger partial charge in [-0.2, -0.15) is 0 Å². The Morgan fingerprint density at radius 3 is 2.95 bits per heavy atom. The predicted molar refractivity (Wildman–Crippen MR) is 88.9 cm³/mol. The highest BCUT2D eigenvalue weighted by Crippen LogP contribution is 2.34. The number of nitrogen functional groups attached to an aromatic ring is 1. The molecule has 1 atom stereocenters. The summed E-state index contributed by atoms with van der Waals surface area (Å²) in [4.78, 5) is 1.12. The van der Waals surface area contributed by atoms with Gasteiger partial charge in [-0.3, -0.25) is 0 Å². The molecule has 20 heavy (non-hydrogen) atoms. The molecule has 2 N–H and O–H groups in total. The van der Waals surface area contributed by atoms with E-state index in [0.717, 1.165) is 27.3 Å². The van der Waals surface area contributed by atoms with Crippen molar-refractivity contribution in [2.45, 2.75) is 17.4 Å². The van der Waals surface area contributed by atoms with Crippen molar-refractivity contribution >= 4 is 45.0 Å². The Morgan fingerprint density at radius 2 is 2.15 bits per heavy atom. The molecule has 2 aromatic rings. The summed E-state index contributed by atoms with van der Waals surface area (Å²) in [5.74, 6) is 1.89. The first-order valence-corrected chi connectivity index (χ1v) is 8.40. The molecule has 1 heterocycles. The molecule has 1 aliphatic rings. The van der Waals surface area contributed by atoms with Crippen LogP contribution in [0.25, 0.3) is 0 Å². The quantitative estimate of drug-likeness (QED) is 0.624. The van der Waals surface area contributed by atoms with Crippen LogP contribution in [0.5, 0.6) is 5.75 Å². The first-order valence-electron chi connectivity index (χ1n) is 6.25. The number of rotatable bonds is 3. The van der Waals surface area contributed by atoms with Gasteiger partial charge >= 0.3 is 0 Å². The van der Waals surface area contributed by atoms with Gasteiger partial charge in [-0.25, -0.2) is 0 Å². The van der Waals surface area contributed by atoms with Crippen molar-refractivity contribution in [2.75, 3.05) is 11.5 Å². The topological polar surface area (TPSA) is 35.2 Å². The largest absolute Gasteiger partial charge is 0.489 e. The zero-order valence-corrected chi connectivity index (χ0v) is 13.8. The highest BCUT2D eigenvalue weighted by Gasteiger charge is 2.23. The summed E-state index contributed by atoms with van der Waals surface area (Å²) in [5, 5.41) is 0.606. The summed E-state index contributed by atoms with van der Waals surface area (Å²) in [6.45, 7) is 0. The van der Waals surface area contributed by atoms with Gasteiger partial charge in [0.15, 0.2) is 0 Å². The van der Waals surface area contributed by atoms with E-state index in [0.29, 0.717) is 10.7 Å². The number of benzene rings is 2. The third kappa shape index (κ3) is 3.08. The molecule has 0 amide bonds. The van der Waals surface area contributed by atoms with Crippen LogP contribution in [0.2, 0.25) is 5.02 Å². The lowest BCUT2D eigenvalue weighted by Crippen LogP contribution is -2.15. The lowest BCUT2D eigenvalue weighted by molar-refractivity contribution is 0.259. The van der Waals surface area contributed by atoms with Crippen LogP contribution in [0.4, 0.5) is 5.69 Å². The van der Waals surface area contributed by atoms with Crippen LogP contribution < -0.4 is 10.5 Å². The van der Waals surface area contributed by atoms with Crippen molar-refractivity contribution in [2.24, 2.45) is 0 Å². The molecule has 1 unspecified atom stereocenters. The number of nitrogens with two attached hydrogens (primary N) is 1. The summed E-state index contributed by atoms with van der Waals surface area (Å²) in [7, 11) is 0. The molecule has 3 rings (SSSR count). The fraction of sp³-hybridized carbons (Fsp3) is 0.200. The number of halogens is 2. The Balaban J connectivity index is 1.62. The minimum atomic E-state index is 0.209. The summed E-state index contributed by atoms with van der Waals surface area (Å²) >= 11 is 11.3. The molecule has 104 valence electrons. The molecule has 2 aromatic carbocycles. The van der Waals surface area contributed by atoms with Crippen molar-refractivity contribution in [3.8, 4) is 5.75 Å². The number of hydrogen-bond donors (Lipinski definition) is 1. The minimum absolute atomic E-state index is 0.209. The van der Waals surface area contributed by atoms with E-state index in [4.69, 9.17) is 22.1 Å². The molecule has 0 radical (unpaired) electrons. The van der Waals surface area contributed by atoms with Crippen LogP contribution in [-0.2, 0) is 6.42 Å².